The molecule has 4 aromatic carbocycles. The number of halogens is 2. The second-order valence-corrected chi connectivity index (χ2v) is 11.3. The minimum absolute atomic E-state index is 0.00453. The van der Waals surface area contributed by atoms with E-state index in [0.29, 0.717) is 39.7 Å². The maximum atomic E-state index is 14.4. The van der Waals surface area contributed by atoms with E-state index >= 15 is 0 Å². The molecule has 0 aromatic heterocycles. The molecule has 0 saturated heterocycles. The van der Waals surface area contributed by atoms with E-state index < -0.39 is 6.04 Å². The van der Waals surface area contributed by atoms with Gasteiger partial charge in [0.2, 0.25) is 0 Å². The van der Waals surface area contributed by atoms with Crippen molar-refractivity contribution in [1.29, 1.82) is 0 Å². The molecule has 41 heavy (non-hydrogen) atoms. The summed E-state index contributed by atoms with van der Waals surface area (Å²) in [5.41, 5.74) is 6.25. The molecule has 2 atom stereocenters. The predicted molar refractivity (Wildman–Crippen MR) is 164 cm³/mol. The maximum absolute atomic E-state index is 14.4. The summed E-state index contributed by atoms with van der Waals surface area (Å²) in [6.07, 6.45) is 0.958. The number of hydrogen-bond donors (Lipinski definition) is 1. The van der Waals surface area contributed by atoms with Crippen molar-refractivity contribution < 1.29 is 14.3 Å². The summed E-state index contributed by atoms with van der Waals surface area (Å²) in [5.74, 6) is 0.489. The molecule has 1 aliphatic heterocycles. The van der Waals surface area contributed by atoms with Crippen LogP contribution in [0.3, 0.4) is 0 Å². The highest BCUT2D eigenvalue weighted by molar-refractivity contribution is 6.42. The van der Waals surface area contributed by atoms with Gasteiger partial charge in [-0.1, -0.05) is 77.3 Å². The molecule has 5 nitrogen and oxygen atoms in total. The number of benzene rings is 4. The molecule has 1 amide bonds. The first-order chi connectivity index (χ1) is 19.8. The maximum Gasteiger partial charge on any atom is 0.259 e. The van der Waals surface area contributed by atoms with Crippen LogP contribution in [0.2, 0.25) is 10.0 Å². The van der Waals surface area contributed by atoms with E-state index in [9.17, 15) is 9.59 Å². The Morgan fingerprint density at radius 2 is 1.59 bits per heavy atom. The van der Waals surface area contributed by atoms with Gasteiger partial charge in [-0.05, 0) is 72.9 Å². The van der Waals surface area contributed by atoms with Gasteiger partial charge in [0, 0.05) is 23.3 Å². The van der Waals surface area contributed by atoms with E-state index in [1.54, 1.807) is 30.2 Å². The Hall–Kier alpha value is -4.06. The van der Waals surface area contributed by atoms with E-state index in [1.165, 1.54) is 0 Å². The zero-order valence-electron chi connectivity index (χ0n) is 22.7. The molecule has 0 fully saturated rings. The molecule has 0 unspecified atom stereocenters. The zero-order chi connectivity index (χ0) is 28.7. The third kappa shape index (κ3) is 5.12. The number of hydrogen-bond acceptors (Lipinski definition) is 4. The lowest BCUT2D eigenvalue weighted by Crippen LogP contribution is -2.38. The summed E-state index contributed by atoms with van der Waals surface area (Å²) in [6.45, 7) is 2.02. The van der Waals surface area contributed by atoms with Crippen LogP contribution in [-0.2, 0) is 4.79 Å². The molecule has 4 aromatic rings. The summed E-state index contributed by atoms with van der Waals surface area (Å²) >= 11 is 12.5. The highest BCUT2D eigenvalue weighted by Gasteiger charge is 2.42. The van der Waals surface area contributed by atoms with Gasteiger partial charge in [0.15, 0.2) is 5.78 Å². The summed E-state index contributed by atoms with van der Waals surface area (Å²) in [5, 5.41) is 4.24. The molecule has 0 saturated carbocycles. The molecule has 0 spiro atoms. The quantitative estimate of drug-likeness (QED) is 0.262. The van der Waals surface area contributed by atoms with Crippen molar-refractivity contribution in [1.82, 2.24) is 0 Å². The van der Waals surface area contributed by atoms with Gasteiger partial charge < -0.3 is 10.1 Å². The van der Waals surface area contributed by atoms with Gasteiger partial charge >= 0.3 is 0 Å². The van der Waals surface area contributed by atoms with Crippen molar-refractivity contribution in [2.75, 3.05) is 17.3 Å². The summed E-state index contributed by atoms with van der Waals surface area (Å²) < 4.78 is 5.33. The van der Waals surface area contributed by atoms with E-state index in [4.69, 9.17) is 27.9 Å². The SMILES string of the molecule is COc1ccc([C@@H]2CC(=O)C3=C(C2)Nc2ccccc2N(C(=O)c2ccc(Cl)c(Cl)c2)[C@@H]3c2ccc(C)cc2)cc1. The molecule has 6 rings (SSSR count). The normalized spacial score (nSPS) is 18.2. The molecule has 1 heterocycles. The molecule has 7 heteroatoms. The Morgan fingerprint density at radius 3 is 2.29 bits per heavy atom. The monoisotopic (exact) mass is 582 g/mol. The van der Waals surface area contributed by atoms with Gasteiger partial charge in [-0.2, -0.15) is 0 Å². The second-order valence-electron chi connectivity index (χ2n) is 10.5. The van der Waals surface area contributed by atoms with Crippen molar-refractivity contribution in [2.45, 2.75) is 31.7 Å². The number of anilines is 2. The average Bonchev–Trinajstić information content (AvgIpc) is 3.13. The van der Waals surface area contributed by atoms with Crippen LogP contribution in [0.4, 0.5) is 11.4 Å². The number of fused-ring (bicyclic) bond motifs is 1. The molecule has 1 aliphatic carbocycles. The Labute approximate surface area is 249 Å². The topological polar surface area (TPSA) is 58.6 Å². The number of ether oxygens (including phenoxy) is 1. The van der Waals surface area contributed by atoms with Crippen LogP contribution in [0, 0.1) is 6.92 Å². The van der Waals surface area contributed by atoms with E-state index in [1.807, 2.05) is 79.7 Å². The van der Waals surface area contributed by atoms with Crippen molar-refractivity contribution >= 4 is 46.3 Å². The lowest BCUT2D eigenvalue weighted by Gasteiger charge is -2.35. The largest absolute Gasteiger partial charge is 0.497 e. The van der Waals surface area contributed by atoms with Gasteiger partial charge in [-0.25, -0.2) is 0 Å². The first-order valence-electron chi connectivity index (χ1n) is 13.5. The fraction of sp³-hybridized carbons (Fsp3) is 0.176. The number of Topliss-reactive ketones (excluding diaryl/α,β-unsaturated/α-hetero) is 1. The number of ketones is 1. The highest BCUT2D eigenvalue weighted by Crippen LogP contribution is 2.48. The first kappa shape index (κ1) is 27.1. The molecule has 1 N–H and O–H groups in total. The Morgan fingerprint density at radius 1 is 0.878 bits per heavy atom. The number of nitrogens with one attached hydrogen (secondary N) is 1. The van der Waals surface area contributed by atoms with Crippen LogP contribution >= 0.6 is 23.2 Å². The number of carbonyl (C=O) groups excluding carboxylic acids is 2. The number of rotatable bonds is 4. The number of methoxy groups -OCH3 is 1. The van der Waals surface area contributed by atoms with Crippen LogP contribution in [0.1, 0.15) is 51.8 Å². The van der Waals surface area contributed by atoms with Crippen molar-refractivity contribution in [2.24, 2.45) is 0 Å². The van der Waals surface area contributed by atoms with E-state index in [-0.39, 0.29) is 17.6 Å². The number of nitrogens with zero attached hydrogens (tertiary/aromatic N) is 1. The van der Waals surface area contributed by atoms with E-state index in [2.05, 4.69) is 5.32 Å². The average molecular weight is 584 g/mol. The Kier molecular flexibility index (Phi) is 7.33. The molecular weight excluding hydrogens is 555 g/mol. The second kappa shape index (κ2) is 11.1. The van der Waals surface area contributed by atoms with Crippen LogP contribution in [0.5, 0.6) is 5.75 Å². The number of aryl methyl sites for hydroxylation is 1. The third-order valence-corrected chi connectivity index (χ3v) is 8.59. The van der Waals surface area contributed by atoms with Gasteiger partial charge in [0.25, 0.3) is 5.91 Å². The number of para-hydroxylation sites is 2. The lowest BCUT2D eigenvalue weighted by molar-refractivity contribution is -0.116. The molecule has 0 radical (unpaired) electrons. The van der Waals surface area contributed by atoms with Gasteiger partial charge in [-0.3, -0.25) is 14.5 Å². The first-order valence-corrected chi connectivity index (χ1v) is 14.2. The van der Waals surface area contributed by atoms with Gasteiger partial charge in [0.05, 0.1) is 34.6 Å². The fourth-order valence-electron chi connectivity index (χ4n) is 5.76. The molecule has 2 aliphatic rings. The Balaban J connectivity index is 1.53. The molecule has 0 bridgehead atoms. The molecular formula is C34H28Cl2N2O3. The summed E-state index contributed by atoms with van der Waals surface area (Å²) in [4.78, 5) is 30.3. The standard InChI is InChI=1S/C34H28Cl2N2O3/c1-20-7-9-22(10-8-20)33-32-29(18-24(19-31(32)39)21-11-14-25(41-2)15-12-21)37-28-5-3-4-6-30(28)38(33)34(40)23-13-16-26(35)27(36)17-23/h3-17,24,33,37H,18-19H2,1-2H3/t24-,33+/m0/s1. The number of carbonyl (C=O) groups is 2. The van der Waals surface area contributed by atoms with Crippen LogP contribution < -0.4 is 15.0 Å². The zero-order valence-corrected chi connectivity index (χ0v) is 24.2. The summed E-state index contributed by atoms with van der Waals surface area (Å²) in [6, 6.07) is 27.8. The van der Waals surface area contributed by atoms with Crippen molar-refractivity contribution in [3.05, 3.63) is 135 Å². The van der Waals surface area contributed by atoms with E-state index in [0.717, 1.165) is 33.8 Å². The minimum atomic E-state index is -0.645. The van der Waals surface area contributed by atoms with Crippen LogP contribution in [0.15, 0.2) is 102 Å². The lowest BCUT2D eigenvalue weighted by atomic mass is 9.78. The van der Waals surface area contributed by atoms with Crippen molar-refractivity contribution in [3.63, 3.8) is 0 Å². The fourth-order valence-corrected chi connectivity index (χ4v) is 6.06. The third-order valence-electron chi connectivity index (χ3n) is 7.85. The van der Waals surface area contributed by atoms with Gasteiger partial charge in [-0.15, -0.1) is 0 Å². The minimum Gasteiger partial charge on any atom is -0.497 e. The van der Waals surface area contributed by atoms with Crippen LogP contribution in [-0.4, -0.2) is 18.8 Å². The molecule has 206 valence electrons. The van der Waals surface area contributed by atoms with Crippen molar-refractivity contribution in [3.8, 4) is 5.75 Å². The number of allylic oxidation sites excluding steroid dienone is 1. The number of amides is 1. The summed E-state index contributed by atoms with van der Waals surface area (Å²) in [7, 11) is 1.64. The van der Waals surface area contributed by atoms with Gasteiger partial charge in [0.1, 0.15) is 5.75 Å². The Bertz CT molecular complexity index is 1680. The van der Waals surface area contributed by atoms with Crippen LogP contribution in [0.25, 0.3) is 0 Å². The predicted octanol–water partition coefficient (Wildman–Crippen LogP) is 8.52. The highest BCUT2D eigenvalue weighted by atomic mass is 35.5. The smallest absolute Gasteiger partial charge is 0.259 e.